The highest BCUT2D eigenvalue weighted by molar-refractivity contribution is 14.1. The van der Waals surface area contributed by atoms with Crippen LogP contribution in [0.2, 0.25) is 0 Å². The highest BCUT2D eigenvalue weighted by Crippen LogP contribution is 2.55. The van der Waals surface area contributed by atoms with E-state index in [4.69, 9.17) is 0 Å². The quantitative estimate of drug-likeness (QED) is 0.735. The Bertz CT molecular complexity index is 617. The summed E-state index contributed by atoms with van der Waals surface area (Å²) in [6.45, 7) is 4.30. The summed E-state index contributed by atoms with van der Waals surface area (Å²) in [5, 5.41) is 14.3. The predicted octanol–water partition coefficient (Wildman–Crippen LogP) is 3.29. The van der Waals surface area contributed by atoms with Crippen LogP contribution in [0, 0.1) is 0 Å². The average Bonchev–Trinajstić information content (AvgIpc) is 3.07. The summed E-state index contributed by atoms with van der Waals surface area (Å²) in [5.41, 5.74) is 2.77. The van der Waals surface area contributed by atoms with Gasteiger partial charge in [-0.05, 0) is 67.0 Å². The van der Waals surface area contributed by atoms with Gasteiger partial charge in [-0.3, -0.25) is 4.90 Å². The fraction of sp³-hybridized carbons (Fsp3) is 0.556. The van der Waals surface area contributed by atoms with Gasteiger partial charge in [0.2, 0.25) is 0 Å². The summed E-state index contributed by atoms with van der Waals surface area (Å²) in [5.74, 6) is 0. The van der Waals surface area contributed by atoms with E-state index in [0.717, 1.165) is 32.4 Å². The summed E-state index contributed by atoms with van der Waals surface area (Å²) in [6.07, 6.45) is 5.13. The molecule has 1 aliphatic carbocycles. The van der Waals surface area contributed by atoms with E-state index in [0.29, 0.717) is 6.04 Å². The normalized spacial score (nSPS) is 37.4. The molecular formula is C18H23IN2O. The van der Waals surface area contributed by atoms with Gasteiger partial charge in [-0.25, -0.2) is 0 Å². The van der Waals surface area contributed by atoms with Gasteiger partial charge < -0.3 is 10.4 Å². The maximum atomic E-state index is 10.6. The maximum Gasteiger partial charge on any atom is 0.0751 e. The third-order valence-electron chi connectivity index (χ3n) is 5.93. The maximum absolute atomic E-state index is 10.6. The van der Waals surface area contributed by atoms with Crippen molar-refractivity contribution in [2.75, 3.05) is 18.4 Å². The lowest BCUT2D eigenvalue weighted by atomic mass is 9.64. The highest BCUT2D eigenvalue weighted by Gasteiger charge is 2.60. The SMILES string of the molecule is C/C=C(\I)CN1CCC23c4ccccc4NC2C(O)CCC13. The fourth-order valence-electron chi connectivity index (χ4n) is 4.98. The fourth-order valence-corrected chi connectivity index (χ4v) is 5.42. The van der Waals surface area contributed by atoms with Crippen molar-refractivity contribution < 1.29 is 5.11 Å². The first-order valence-corrected chi connectivity index (χ1v) is 9.33. The predicted molar refractivity (Wildman–Crippen MR) is 98.5 cm³/mol. The van der Waals surface area contributed by atoms with E-state index in [1.165, 1.54) is 14.8 Å². The molecule has 2 aliphatic heterocycles. The van der Waals surface area contributed by atoms with Crippen molar-refractivity contribution in [1.29, 1.82) is 0 Å². The van der Waals surface area contributed by atoms with Crippen LogP contribution < -0.4 is 5.32 Å². The van der Waals surface area contributed by atoms with Gasteiger partial charge in [0, 0.05) is 27.3 Å². The Morgan fingerprint density at radius 2 is 2.27 bits per heavy atom. The van der Waals surface area contributed by atoms with Gasteiger partial charge >= 0.3 is 0 Å². The zero-order chi connectivity index (χ0) is 15.3. The molecule has 0 amide bonds. The summed E-state index contributed by atoms with van der Waals surface area (Å²) >= 11 is 2.45. The number of allylic oxidation sites excluding steroid dienone is 1. The molecule has 1 aromatic rings. The average molecular weight is 410 g/mol. The van der Waals surface area contributed by atoms with Crippen molar-refractivity contribution in [1.82, 2.24) is 4.90 Å². The second kappa shape index (κ2) is 5.49. The van der Waals surface area contributed by atoms with E-state index in [9.17, 15) is 5.11 Å². The molecule has 118 valence electrons. The molecule has 1 saturated carbocycles. The van der Waals surface area contributed by atoms with E-state index >= 15 is 0 Å². The number of rotatable bonds is 2. The largest absolute Gasteiger partial charge is 0.391 e. The molecule has 0 radical (unpaired) electrons. The Hall–Kier alpha value is -0.590. The molecule has 1 saturated heterocycles. The van der Waals surface area contributed by atoms with Crippen LogP contribution in [-0.2, 0) is 5.41 Å². The molecule has 3 nitrogen and oxygen atoms in total. The van der Waals surface area contributed by atoms with Gasteiger partial charge in [0.15, 0.2) is 0 Å². The van der Waals surface area contributed by atoms with Crippen LogP contribution in [0.4, 0.5) is 5.69 Å². The van der Waals surface area contributed by atoms with E-state index in [1.807, 2.05) is 0 Å². The molecule has 4 rings (SSSR count). The Morgan fingerprint density at radius 1 is 1.45 bits per heavy atom. The molecule has 0 aromatic heterocycles. The molecule has 22 heavy (non-hydrogen) atoms. The lowest BCUT2D eigenvalue weighted by molar-refractivity contribution is 0.0455. The number of aliphatic hydroxyl groups is 1. The zero-order valence-electron chi connectivity index (χ0n) is 12.9. The van der Waals surface area contributed by atoms with Gasteiger partial charge in [0.05, 0.1) is 12.1 Å². The summed E-state index contributed by atoms with van der Waals surface area (Å²) in [4.78, 5) is 2.64. The molecule has 2 heterocycles. The van der Waals surface area contributed by atoms with Crippen LogP contribution in [0.25, 0.3) is 0 Å². The molecular weight excluding hydrogens is 387 g/mol. The molecule has 4 heteroatoms. The first-order chi connectivity index (χ1) is 10.7. The number of hydrogen-bond donors (Lipinski definition) is 2. The topological polar surface area (TPSA) is 35.5 Å². The number of para-hydroxylation sites is 1. The van der Waals surface area contributed by atoms with E-state index in [-0.39, 0.29) is 17.6 Å². The molecule has 2 fully saturated rings. The van der Waals surface area contributed by atoms with Gasteiger partial charge in [-0.15, -0.1) is 0 Å². The number of aliphatic hydroxyl groups excluding tert-OH is 1. The second-order valence-electron chi connectivity index (χ2n) is 6.82. The number of likely N-dealkylation sites (tertiary alicyclic amines) is 1. The minimum absolute atomic E-state index is 0.0962. The van der Waals surface area contributed by atoms with E-state index in [2.05, 4.69) is 70.1 Å². The number of fused-ring (bicyclic) bond motifs is 1. The van der Waals surface area contributed by atoms with Crippen LogP contribution in [-0.4, -0.2) is 41.3 Å². The van der Waals surface area contributed by atoms with Crippen LogP contribution >= 0.6 is 22.6 Å². The van der Waals surface area contributed by atoms with Crippen molar-refractivity contribution >= 4 is 28.3 Å². The highest BCUT2D eigenvalue weighted by atomic mass is 127. The number of nitrogens with one attached hydrogen (secondary N) is 1. The van der Waals surface area contributed by atoms with Crippen LogP contribution in [0.3, 0.4) is 0 Å². The van der Waals surface area contributed by atoms with Crippen LogP contribution in [0.5, 0.6) is 0 Å². The van der Waals surface area contributed by atoms with E-state index < -0.39 is 0 Å². The lowest BCUT2D eigenvalue weighted by Gasteiger charge is -2.46. The molecule has 1 aromatic carbocycles. The minimum atomic E-state index is -0.232. The van der Waals surface area contributed by atoms with Crippen molar-refractivity contribution in [3.63, 3.8) is 0 Å². The summed E-state index contributed by atoms with van der Waals surface area (Å²) in [7, 11) is 0. The Morgan fingerprint density at radius 3 is 3.09 bits per heavy atom. The van der Waals surface area contributed by atoms with Gasteiger partial charge in [0.25, 0.3) is 0 Å². The first-order valence-electron chi connectivity index (χ1n) is 8.25. The minimum Gasteiger partial charge on any atom is -0.391 e. The zero-order valence-corrected chi connectivity index (χ0v) is 15.1. The molecule has 0 bridgehead atoms. The molecule has 4 unspecified atom stereocenters. The monoisotopic (exact) mass is 410 g/mol. The van der Waals surface area contributed by atoms with Crippen molar-refractivity contribution in [2.45, 2.75) is 49.8 Å². The van der Waals surface area contributed by atoms with Gasteiger partial charge in [-0.1, -0.05) is 24.3 Å². The first kappa shape index (κ1) is 15.0. The number of hydrogen-bond acceptors (Lipinski definition) is 3. The second-order valence-corrected chi connectivity index (χ2v) is 8.21. The molecule has 2 N–H and O–H groups in total. The number of anilines is 1. The van der Waals surface area contributed by atoms with E-state index in [1.54, 1.807) is 0 Å². The third kappa shape index (κ3) is 2.00. The van der Waals surface area contributed by atoms with Crippen molar-refractivity contribution in [2.24, 2.45) is 0 Å². The molecule has 1 spiro atoms. The molecule has 4 atom stereocenters. The smallest absolute Gasteiger partial charge is 0.0751 e. The van der Waals surface area contributed by atoms with Gasteiger partial charge in [0.1, 0.15) is 0 Å². The van der Waals surface area contributed by atoms with Crippen molar-refractivity contribution in [3.05, 3.63) is 39.5 Å². The number of nitrogens with zero attached hydrogens (tertiary/aromatic N) is 1. The Balaban J connectivity index is 1.76. The Labute approximate surface area is 145 Å². The standard InChI is InChI=1S/C18H23IN2O/c1-2-12(19)11-21-10-9-18-13-5-3-4-6-14(13)20-17(18)15(22)7-8-16(18)21/h2-6,15-17,20,22H,7-11H2,1H3/b12-2-. The summed E-state index contributed by atoms with van der Waals surface area (Å²) in [6, 6.07) is 9.41. The number of benzene rings is 1. The van der Waals surface area contributed by atoms with Crippen LogP contribution in [0.15, 0.2) is 33.9 Å². The van der Waals surface area contributed by atoms with Crippen molar-refractivity contribution in [3.8, 4) is 0 Å². The van der Waals surface area contributed by atoms with Gasteiger partial charge in [-0.2, -0.15) is 0 Å². The summed E-state index contributed by atoms with van der Waals surface area (Å²) < 4.78 is 1.41. The molecule has 3 aliphatic rings. The lowest BCUT2D eigenvalue weighted by Crippen LogP contribution is -2.58. The third-order valence-corrected chi connectivity index (χ3v) is 6.89. The number of halogens is 1. The Kier molecular flexibility index (Phi) is 3.74. The van der Waals surface area contributed by atoms with Crippen LogP contribution in [0.1, 0.15) is 31.7 Å².